The minimum absolute atomic E-state index is 0.0530. The van der Waals surface area contributed by atoms with Crippen LogP contribution in [0.4, 0.5) is 4.39 Å². The maximum Gasteiger partial charge on any atom is 0.341 e. The number of esters is 1. The molecule has 0 aliphatic carbocycles. The van der Waals surface area contributed by atoms with Crippen LogP contribution in [0.2, 0.25) is 0 Å². The van der Waals surface area contributed by atoms with E-state index in [4.69, 9.17) is 10.5 Å². The second-order valence-corrected chi connectivity index (χ2v) is 3.24. The van der Waals surface area contributed by atoms with E-state index in [1.165, 1.54) is 6.07 Å². The summed E-state index contributed by atoms with van der Waals surface area (Å²) in [5.74, 6) is -1.14. The van der Waals surface area contributed by atoms with Crippen LogP contribution < -0.4 is 5.73 Å². The summed E-state index contributed by atoms with van der Waals surface area (Å²) in [5.41, 5.74) is 6.12. The van der Waals surface area contributed by atoms with Gasteiger partial charge >= 0.3 is 5.97 Å². The Kier molecular flexibility index (Phi) is 2.21. The van der Waals surface area contributed by atoms with Crippen LogP contribution in [0, 0.1) is 5.82 Å². The second kappa shape index (κ2) is 3.38. The number of fused-ring (bicyclic) bond motifs is 1. The average Bonchev–Trinajstić information content (AvgIpc) is 2.17. The number of benzene rings is 1. The smallest absolute Gasteiger partial charge is 0.341 e. The van der Waals surface area contributed by atoms with Crippen LogP contribution in [-0.2, 0) is 11.2 Å². The van der Waals surface area contributed by atoms with Gasteiger partial charge in [0.2, 0.25) is 0 Å². The van der Waals surface area contributed by atoms with Gasteiger partial charge in [0.05, 0.1) is 5.56 Å². The van der Waals surface area contributed by atoms with Crippen molar-refractivity contribution in [3.63, 3.8) is 0 Å². The Labute approximate surface area is 80.7 Å². The highest BCUT2D eigenvalue weighted by molar-refractivity contribution is 5.92. The number of ether oxygens (including phenoxy) is 1. The largest absolute Gasteiger partial charge is 0.457 e. The predicted octanol–water partition coefficient (Wildman–Crippen LogP) is 0.866. The van der Waals surface area contributed by atoms with Crippen molar-refractivity contribution >= 4 is 5.97 Å². The highest BCUT2D eigenvalue weighted by atomic mass is 19.1. The van der Waals surface area contributed by atoms with Crippen LogP contribution in [0.25, 0.3) is 0 Å². The standard InChI is InChI=1S/C10H10FNO2/c11-8-3-1-2-6-4-7(5-12)14-10(13)9(6)8/h1-3,7H,4-5,12H2. The molecule has 74 valence electrons. The van der Waals surface area contributed by atoms with Gasteiger partial charge in [0.15, 0.2) is 0 Å². The van der Waals surface area contributed by atoms with Crippen molar-refractivity contribution < 1.29 is 13.9 Å². The molecule has 0 bridgehead atoms. The van der Waals surface area contributed by atoms with Crippen LogP contribution in [0.15, 0.2) is 18.2 Å². The maximum absolute atomic E-state index is 13.2. The summed E-state index contributed by atoms with van der Waals surface area (Å²) in [5, 5.41) is 0. The number of rotatable bonds is 1. The molecule has 0 saturated carbocycles. The topological polar surface area (TPSA) is 52.3 Å². The van der Waals surface area contributed by atoms with E-state index < -0.39 is 11.8 Å². The molecule has 1 aliphatic rings. The number of halogens is 1. The van der Waals surface area contributed by atoms with Crippen molar-refractivity contribution in [3.05, 3.63) is 35.1 Å². The Morgan fingerprint density at radius 1 is 1.57 bits per heavy atom. The molecule has 0 amide bonds. The van der Waals surface area contributed by atoms with Gasteiger partial charge in [-0.2, -0.15) is 0 Å². The first kappa shape index (κ1) is 9.15. The summed E-state index contributed by atoms with van der Waals surface area (Å²) in [6.07, 6.45) is 0.173. The average molecular weight is 195 g/mol. The van der Waals surface area contributed by atoms with Crippen molar-refractivity contribution in [3.8, 4) is 0 Å². The highest BCUT2D eigenvalue weighted by Gasteiger charge is 2.27. The lowest BCUT2D eigenvalue weighted by molar-refractivity contribution is 0.0271. The normalized spacial score (nSPS) is 20.1. The van der Waals surface area contributed by atoms with Crippen molar-refractivity contribution in [1.29, 1.82) is 0 Å². The summed E-state index contributed by atoms with van der Waals surface area (Å²) in [6.45, 7) is 0.266. The first-order valence-electron chi connectivity index (χ1n) is 4.41. The Morgan fingerprint density at radius 3 is 3.07 bits per heavy atom. The van der Waals surface area contributed by atoms with E-state index in [9.17, 15) is 9.18 Å². The monoisotopic (exact) mass is 195 g/mol. The van der Waals surface area contributed by atoms with Crippen LogP contribution >= 0.6 is 0 Å². The van der Waals surface area contributed by atoms with Gasteiger partial charge in [-0.05, 0) is 11.6 Å². The Hall–Kier alpha value is -1.42. The van der Waals surface area contributed by atoms with Crippen molar-refractivity contribution in [1.82, 2.24) is 0 Å². The van der Waals surface area contributed by atoms with Crippen LogP contribution in [0.3, 0.4) is 0 Å². The summed E-state index contributed by atoms with van der Waals surface area (Å²) >= 11 is 0. The van der Waals surface area contributed by atoms with Gasteiger partial charge in [0, 0.05) is 13.0 Å². The molecule has 1 aromatic rings. The van der Waals surface area contributed by atoms with E-state index >= 15 is 0 Å². The molecule has 0 fully saturated rings. The molecule has 3 nitrogen and oxygen atoms in total. The fourth-order valence-corrected chi connectivity index (χ4v) is 1.60. The van der Waals surface area contributed by atoms with Gasteiger partial charge in [-0.3, -0.25) is 0 Å². The van der Waals surface area contributed by atoms with Crippen molar-refractivity contribution in [2.75, 3.05) is 6.54 Å². The van der Waals surface area contributed by atoms with Gasteiger partial charge in [0.25, 0.3) is 0 Å². The van der Waals surface area contributed by atoms with Crippen LogP contribution in [-0.4, -0.2) is 18.6 Å². The predicted molar refractivity (Wildman–Crippen MR) is 48.4 cm³/mol. The number of hydrogen-bond acceptors (Lipinski definition) is 3. The fourth-order valence-electron chi connectivity index (χ4n) is 1.60. The van der Waals surface area contributed by atoms with E-state index in [-0.39, 0.29) is 18.2 Å². The second-order valence-electron chi connectivity index (χ2n) is 3.24. The third-order valence-corrected chi connectivity index (χ3v) is 2.29. The minimum atomic E-state index is -0.611. The van der Waals surface area contributed by atoms with Gasteiger partial charge in [-0.1, -0.05) is 12.1 Å². The molecule has 2 N–H and O–H groups in total. The summed E-state index contributed by atoms with van der Waals surface area (Å²) < 4.78 is 18.2. The number of nitrogens with two attached hydrogens (primary N) is 1. The molecule has 0 aromatic heterocycles. The molecule has 0 radical (unpaired) electrons. The minimum Gasteiger partial charge on any atom is -0.457 e. The zero-order valence-corrected chi connectivity index (χ0v) is 7.50. The highest BCUT2D eigenvalue weighted by Crippen LogP contribution is 2.22. The van der Waals surface area contributed by atoms with Gasteiger partial charge < -0.3 is 10.5 Å². The molecule has 4 heteroatoms. The van der Waals surface area contributed by atoms with E-state index in [0.29, 0.717) is 12.0 Å². The van der Waals surface area contributed by atoms with Crippen molar-refractivity contribution in [2.24, 2.45) is 5.73 Å². The third-order valence-electron chi connectivity index (χ3n) is 2.29. The first-order valence-corrected chi connectivity index (χ1v) is 4.41. The lowest BCUT2D eigenvalue weighted by Crippen LogP contribution is -2.34. The van der Waals surface area contributed by atoms with Crippen molar-refractivity contribution in [2.45, 2.75) is 12.5 Å². The molecule has 0 spiro atoms. The molecule has 1 heterocycles. The molecule has 0 saturated heterocycles. The summed E-state index contributed by atoms with van der Waals surface area (Å²) in [7, 11) is 0. The number of cyclic esters (lactones) is 1. The zero-order chi connectivity index (χ0) is 10.1. The third kappa shape index (κ3) is 1.37. The van der Waals surface area contributed by atoms with E-state index in [1.807, 2.05) is 0 Å². The lowest BCUT2D eigenvalue weighted by atomic mass is 9.98. The molecule has 1 aliphatic heterocycles. The van der Waals surface area contributed by atoms with Gasteiger partial charge in [0.1, 0.15) is 11.9 Å². The fraction of sp³-hybridized carbons (Fsp3) is 0.300. The SMILES string of the molecule is NCC1Cc2cccc(F)c2C(=O)O1. The Bertz CT molecular complexity index is 378. The molecule has 14 heavy (non-hydrogen) atoms. The molecule has 1 atom stereocenters. The molecule has 1 unspecified atom stereocenters. The van der Waals surface area contributed by atoms with E-state index in [1.54, 1.807) is 12.1 Å². The van der Waals surface area contributed by atoms with Crippen LogP contribution in [0.5, 0.6) is 0 Å². The van der Waals surface area contributed by atoms with Gasteiger partial charge in [-0.25, -0.2) is 9.18 Å². The Balaban J connectivity index is 2.45. The van der Waals surface area contributed by atoms with E-state index in [2.05, 4.69) is 0 Å². The molecule has 1 aromatic carbocycles. The number of carbonyl (C=O) groups is 1. The summed E-state index contributed by atoms with van der Waals surface area (Å²) in [4.78, 5) is 11.4. The zero-order valence-electron chi connectivity index (χ0n) is 7.50. The Morgan fingerprint density at radius 2 is 2.36 bits per heavy atom. The number of carbonyl (C=O) groups excluding carboxylic acids is 1. The molecular weight excluding hydrogens is 185 g/mol. The maximum atomic E-state index is 13.2. The van der Waals surface area contributed by atoms with Crippen LogP contribution in [0.1, 0.15) is 15.9 Å². The molecule has 2 rings (SSSR count). The van der Waals surface area contributed by atoms with Gasteiger partial charge in [-0.15, -0.1) is 0 Å². The number of hydrogen-bond donors (Lipinski definition) is 1. The first-order chi connectivity index (χ1) is 6.72. The quantitative estimate of drug-likeness (QED) is 0.676. The van der Waals surface area contributed by atoms with E-state index in [0.717, 1.165) is 0 Å². The lowest BCUT2D eigenvalue weighted by Gasteiger charge is -2.23. The summed E-state index contributed by atoms with van der Waals surface area (Å²) in [6, 6.07) is 4.56. The molecular formula is C10H10FNO2.